The summed E-state index contributed by atoms with van der Waals surface area (Å²) in [4.78, 5) is 16.1. The van der Waals surface area contributed by atoms with E-state index in [1.807, 2.05) is 6.92 Å². The van der Waals surface area contributed by atoms with Crippen molar-refractivity contribution >= 4 is 11.9 Å². The lowest BCUT2D eigenvalue weighted by Gasteiger charge is -2.23. The number of aromatic nitrogens is 2. The van der Waals surface area contributed by atoms with Crippen molar-refractivity contribution in [1.82, 2.24) is 25.7 Å². The first-order chi connectivity index (χ1) is 12.4. The maximum atomic E-state index is 11.9. The molecule has 9 heteroatoms. The van der Waals surface area contributed by atoms with Gasteiger partial charge in [-0.25, -0.2) is 4.99 Å². The second-order valence-electron chi connectivity index (χ2n) is 6.08. The normalized spacial score (nSPS) is 13.9. The highest BCUT2D eigenvalue weighted by molar-refractivity contribution is 5.84. The maximum Gasteiger partial charge on any atom is 0.242 e. The quantitative estimate of drug-likeness (QED) is 0.391. The fraction of sp³-hybridized carbons (Fsp3) is 0.471. The topological polar surface area (TPSA) is 117 Å². The second-order valence-corrected chi connectivity index (χ2v) is 6.08. The molecule has 2 heterocycles. The van der Waals surface area contributed by atoms with Crippen LogP contribution in [0.1, 0.15) is 25.2 Å². The van der Waals surface area contributed by atoms with Crippen molar-refractivity contribution in [2.24, 2.45) is 12.0 Å². The van der Waals surface area contributed by atoms with Crippen molar-refractivity contribution in [3.63, 3.8) is 0 Å². The Balaban J connectivity index is 1.86. The molecule has 1 amide bonds. The predicted octanol–water partition coefficient (Wildman–Crippen LogP) is 0.0921. The molecule has 0 bridgehead atoms. The molecule has 0 fully saturated rings. The summed E-state index contributed by atoms with van der Waals surface area (Å²) in [5.41, 5.74) is -0.425. The number of carbonyl (C=O) groups excluding carboxylic acids is 1. The summed E-state index contributed by atoms with van der Waals surface area (Å²) in [6.07, 6.45) is 4.93. The molecule has 0 aliphatic heterocycles. The first kappa shape index (κ1) is 19.5. The lowest BCUT2D eigenvalue weighted by Crippen LogP contribution is -2.45. The molecule has 0 aliphatic carbocycles. The number of rotatable bonds is 8. The fourth-order valence-corrected chi connectivity index (χ4v) is 2.20. The molecule has 2 rings (SSSR count). The molecule has 4 N–H and O–H groups in total. The number of aryl methyl sites for hydroxylation is 1. The number of hydrogen-bond donors (Lipinski definition) is 4. The van der Waals surface area contributed by atoms with Crippen LogP contribution in [0.25, 0.3) is 0 Å². The number of hydrogen-bond acceptors (Lipinski definition) is 5. The number of nitrogens with zero attached hydrogens (tertiary/aromatic N) is 3. The van der Waals surface area contributed by atoms with Gasteiger partial charge in [0.1, 0.15) is 17.9 Å². The zero-order valence-electron chi connectivity index (χ0n) is 15.3. The monoisotopic (exact) mass is 362 g/mol. The molecule has 9 nitrogen and oxygen atoms in total. The van der Waals surface area contributed by atoms with Gasteiger partial charge in [-0.05, 0) is 26.0 Å². The fourth-order valence-electron chi connectivity index (χ4n) is 2.20. The Kier molecular flexibility index (Phi) is 6.79. The van der Waals surface area contributed by atoms with E-state index in [2.05, 4.69) is 26.0 Å². The summed E-state index contributed by atoms with van der Waals surface area (Å²) >= 11 is 0. The van der Waals surface area contributed by atoms with E-state index in [9.17, 15) is 9.90 Å². The second kappa shape index (κ2) is 9.04. The van der Waals surface area contributed by atoms with Crippen LogP contribution in [-0.4, -0.2) is 46.4 Å². The van der Waals surface area contributed by atoms with E-state index in [1.54, 1.807) is 49.4 Å². The average molecular weight is 362 g/mol. The summed E-state index contributed by atoms with van der Waals surface area (Å²) in [5, 5.41) is 23.5. The SMILES string of the molecule is CCNC(=NCC(=O)NCc1ccco1)NCC(C)(O)c1cnn(C)c1. The molecular weight excluding hydrogens is 336 g/mol. The standard InChI is InChI=1S/C17H26N6O3/c1-4-18-16(20-10-15(24)19-9-14-6-5-7-26-14)21-12-17(2,25)13-8-22-23(3)11-13/h5-8,11,25H,4,9-10,12H2,1-3H3,(H,19,24)(H2,18,20,21). The molecule has 0 spiro atoms. The van der Waals surface area contributed by atoms with Crippen LogP contribution in [0.4, 0.5) is 0 Å². The maximum absolute atomic E-state index is 11.9. The Bertz CT molecular complexity index is 721. The van der Waals surface area contributed by atoms with Crippen LogP contribution in [-0.2, 0) is 24.0 Å². The number of aliphatic hydroxyl groups is 1. The Hall–Kier alpha value is -2.81. The smallest absolute Gasteiger partial charge is 0.242 e. The van der Waals surface area contributed by atoms with Gasteiger partial charge in [0.15, 0.2) is 5.96 Å². The third-order valence-corrected chi connectivity index (χ3v) is 3.69. The molecule has 2 aromatic heterocycles. The van der Waals surface area contributed by atoms with E-state index in [-0.39, 0.29) is 19.0 Å². The van der Waals surface area contributed by atoms with Crippen molar-refractivity contribution in [3.05, 3.63) is 42.1 Å². The van der Waals surface area contributed by atoms with Crippen LogP contribution in [0.15, 0.2) is 40.2 Å². The first-order valence-electron chi connectivity index (χ1n) is 8.43. The molecule has 0 saturated heterocycles. The Morgan fingerprint density at radius 1 is 1.42 bits per heavy atom. The van der Waals surface area contributed by atoms with Crippen LogP contribution in [0.5, 0.6) is 0 Å². The van der Waals surface area contributed by atoms with E-state index in [0.29, 0.717) is 30.4 Å². The van der Waals surface area contributed by atoms with Gasteiger partial charge in [-0.2, -0.15) is 5.10 Å². The van der Waals surface area contributed by atoms with Gasteiger partial charge in [0.25, 0.3) is 0 Å². The van der Waals surface area contributed by atoms with Gasteiger partial charge in [0.05, 0.1) is 25.5 Å². The summed E-state index contributed by atoms with van der Waals surface area (Å²) in [7, 11) is 1.79. The number of aliphatic imine (C=N–C) groups is 1. The summed E-state index contributed by atoms with van der Waals surface area (Å²) in [6, 6.07) is 3.55. The number of nitrogens with one attached hydrogen (secondary N) is 3. The van der Waals surface area contributed by atoms with Crippen LogP contribution >= 0.6 is 0 Å². The minimum Gasteiger partial charge on any atom is -0.467 e. The minimum atomic E-state index is -1.12. The van der Waals surface area contributed by atoms with Gasteiger partial charge in [-0.1, -0.05) is 0 Å². The van der Waals surface area contributed by atoms with Gasteiger partial charge in [0, 0.05) is 25.4 Å². The van der Waals surface area contributed by atoms with Crippen molar-refractivity contribution in [1.29, 1.82) is 0 Å². The van der Waals surface area contributed by atoms with Crippen LogP contribution < -0.4 is 16.0 Å². The lowest BCUT2D eigenvalue weighted by molar-refractivity contribution is -0.119. The molecule has 142 valence electrons. The average Bonchev–Trinajstić information content (AvgIpc) is 3.27. The Morgan fingerprint density at radius 3 is 2.85 bits per heavy atom. The molecule has 0 saturated carbocycles. The van der Waals surface area contributed by atoms with E-state index in [4.69, 9.17) is 4.42 Å². The highest BCUT2D eigenvalue weighted by Gasteiger charge is 2.25. The van der Waals surface area contributed by atoms with Crippen LogP contribution in [0.3, 0.4) is 0 Å². The van der Waals surface area contributed by atoms with Gasteiger partial charge in [-0.15, -0.1) is 0 Å². The minimum absolute atomic E-state index is 0.0366. The largest absolute Gasteiger partial charge is 0.467 e. The summed E-state index contributed by atoms with van der Waals surface area (Å²) < 4.78 is 6.79. The lowest BCUT2D eigenvalue weighted by atomic mass is 10.00. The van der Waals surface area contributed by atoms with Crippen molar-refractivity contribution in [2.45, 2.75) is 26.0 Å². The zero-order chi connectivity index (χ0) is 19.0. The summed E-state index contributed by atoms with van der Waals surface area (Å²) in [5.74, 6) is 0.905. The van der Waals surface area contributed by atoms with E-state index >= 15 is 0 Å². The Labute approximate surface area is 152 Å². The summed E-state index contributed by atoms with van der Waals surface area (Å²) in [6.45, 7) is 4.75. The van der Waals surface area contributed by atoms with Gasteiger partial charge in [-0.3, -0.25) is 9.48 Å². The van der Waals surface area contributed by atoms with Gasteiger partial charge >= 0.3 is 0 Å². The van der Waals surface area contributed by atoms with Crippen LogP contribution in [0, 0.1) is 0 Å². The molecular formula is C17H26N6O3. The number of carbonyl (C=O) groups is 1. The zero-order valence-corrected chi connectivity index (χ0v) is 15.3. The highest BCUT2D eigenvalue weighted by Crippen LogP contribution is 2.18. The van der Waals surface area contributed by atoms with Gasteiger partial charge in [0.2, 0.25) is 5.91 Å². The third kappa shape index (κ3) is 5.92. The van der Waals surface area contributed by atoms with Crippen molar-refractivity contribution < 1.29 is 14.3 Å². The van der Waals surface area contributed by atoms with Crippen molar-refractivity contribution in [3.8, 4) is 0 Å². The highest BCUT2D eigenvalue weighted by atomic mass is 16.3. The van der Waals surface area contributed by atoms with E-state index < -0.39 is 5.60 Å². The third-order valence-electron chi connectivity index (χ3n) is 3.69. The Morgan fingerprint density at radius 2 is 2.23 bits per heavy atom. The number of furan rings is 1. The molecule has 26 heavy (non-hydrogen) atoms. The first-order valence-corrected chi connectivity index (χ1v) is 8.43. The van der Waals surface area contributed by atoms with Crippen molar-refractivity contribution in [2.75, 3.05) is 19.6 Å². The predicted molar refractivity (Wildman–Crippen MR) is 97.3 cm³/mol. The van der Waals surface area contributed by atoms with Gasteiger partial charge < -0.3 is 25.5 Å². The van der Waals surface area contributed by atoms with Crippen LogP contribution in [0.2, 0.25) is 0 Å². The molecule has 0 radical (unpaired) electrons. The van der Waals surface area contributed by atoms with E-state index in [0.717, 1.165) is 0 Å². The molecule has 1 atom stereocenters. The number of guanidine groups is 1. The number of amides is 1. The molecule has 1 unspecified atom stereocenters. The molecule has 0 aliphatic rings. The van der Waals surface area contributed by atoms with E-state index in [1.165, 1.54) is 0 Å². The molecule has 0 aromatic carbocycles. The molecule has 2 aromatic rings.